The number of piperidine rings is 1. The molecular weight excluding hydrogens is 266 g/mol. The lowest BCUT2D eigenvalue weighted by molar-refractivity contribution is -0.131. The van der Waals surface area contributed by atoms with Gasteiger partial charge in [0.25, 0.3) is 0 Å². The van der Waals surface area contributed by atoms with Crippen molar-refractivity contribution in [1.29, 1.82) is 0 Å². The van der Waals surface area contributed by atoms with E-state index in [1.165, 1.54) is 0 Å². The maximum absolute atomic E-state index is 12.2. The Labute approximate surface area is 115 Å². The third-order valence-corrected chi connectivity index (χ3v) is 4.22. The standard InChI is InChI=1S/C12H25N3O3S/c1-11(2,15-19(4,17)18)8-14-10(16)12(3)6-5-7-13-9-12/h13,15H,5-9H2,1-4H3,(H,14,16). The van der Waals surface area contributed by atoms with Gasteiger partial charge in [-0.2, -0.15) is 0 Å². The highest BCUT2D eigenvalue weighted by atomic mass is 32.2. The molecule has 1 aliphatic heterocycles. The summed E-state index contributed by atoms with van der Waals surface area (Å²) >= 11 is 0. The Bertz CT molecular complexity index is 426. The largest absolute Gasteiger partial charge is 0.354 e. The van der Waals surface area contributed by atoms with Gasteiger partial charge in [-0.05, 0) is 40.2 Å². The van der Waals surface area contributed by atoms with Gasteiger partial charge in [0, 0.05) is 18.6 Å². The van der Waals surface area contributed by atoms with E-state index in [0.29, 0.717) is 6.54 Å². The molecule has 0 aromatic rings. The number of amides is 1. The van der Waals surface area contributed by atoms with Crippen LogP contribution in [0, 0.1) is 5.41 Å². The minimum absolute atomic E-state index is 0.0249. The van der Waals surface area contributed by atoms with Crippen LogP contribution in [0.1, 0.15) is 33.6 Å². The minimum Gasteiger partial charge on any atom is -0.354 e. The molecule has 0 bridgehead atoms. The number of sulfonamides is 1. The molecule has 6 nitrogen and oxygen atoms in total. The molecule has 3 N–H and O–H groups in total. The maximum atomic E-state index is 12.2. The molecule has 0 aromatic heterocycles. The molecule has 1 aliphatic rings. The summed E-state index contributed by atoms with van der Waals surface area (Å²) in [4.78, 5) is 12.2. The number of carbonyl (C=O) groups excluding carboxylic acids is 1. The normalized spacial score (nSPS) is 25.1. The van der Waals surface area contributed by atoms with Gasteiger partial charge in [-0.15, -0.1) is 0 Å². The van der Waals surface area contributed by atoms with Crippen molar-refractivity contribution in [1.82, 2.24) is 15.4 Å². The van der Waals surface area contributed by atoms with Crippen molar-refractivity contribution < 1.29 is 13.2 Å². The molecule has 1 heterocycles. The van der Waals surface area contributed by atoms with E-state index in [2.05, 4.69) is 15.4 Å². The molecule has 1 saturated heterocycles. The summed E-state index contributed by atoms with van der Waals surface area (Å²) in [5.41, 5.74) is -1.10. The van der Waals surface area contributed by atoms with Crippen LogP contribution in [0.3, 0.4) is 0 Å². The number of hydrogen-bond donors (Lipinski definition) is 3. The van der Waals surface area contributed by atoms with E-state index >= 15 is 0 Å². The molecule has 19 heavy (non-hydrogen) atoms. The van der Waals surface area contributed by atoms with E-state index in [-0.39, 0.29) is 12.5 Å². The summed E-state index contributed by atoms with van der Waals surface area (Å²) < 4.78 is 25.0. The predicted octanol–water partition coefficient (Wildman–Crippen LogP) is -0.180. The minimum atomic E-state index is -3.28. The third kappa shape index (κ3) is 5.46. The van der Waals surface area contributed by atoms with Gasteiger partial charge in [0.05, 0.1) is 11.7 Å². The first-order valence-corrected chi connectivity index (χ1v) is 8.41. The fraction of sp³-hybridized carbons (Fsp3) is 0.917. The fourth-order valence-electron chi connectivity index (χ4n) is 2.30. The molecule has 0 aliphatic carbocycles. The van der Waals surface area contributed by atoms with Crippen molar-refractivity contribution in [3.63, 3.8) is 0 Å². The lowest BCUT2D eigenvalue weighted by Crippen LogP contribution is -2.55. The second kappa shape index (κ2) is 5.76. The summed E-state index contributed by atoms with van der Waals surface area (Å²) in [5, 5.41) is 6.07. The molecule has 0 saturated carbocycles. The van der Waals surface area contributed by atoms with Crippen LogP contribution >= 0.6 is 0 Å². The molecule has 0 aromatic carbocycles. The molecule has 1 amide bonds. The van der Waals surface area contributed by atoms with Crippen molar-refractivity contribution in [3.05, 3.63) is 0 Å². The third-order valence-electron chi connectivity index (χ3n) is 3.30. The van der Waals surface area contributed by atoms with Gasteiger partial charge < -0.3 is 10.6 Å². The topological polar surface area (TPSA) is 87.3 Å². The molecule has 7 heteroatoms. The van der Waals surface area contributed by atoms with Crippen LogP contribution in [-0.2, 0) is 14.8 Å². The molecule has 1 unspecified atom stereocenters. The van der Waals surface area contributed by atoms with Crippen LogP contribution in [0.2, 0.25) is 0 Å². The van der Waals surface area contributed by atoms with E-state index in [1.807, 2.05) is 6.92 Å². The Kier molecular flexibility index (Phi) is 4.97. The first-order valence-electron chi connectivity index (χ1n) is 6.52. The molecule has 1 atom stereocenters. The highest BCUT2D eigenvalue weighted by molar-refractivity contribution is 7.88. The van der Waals surface area contributed by atoms with E-state index < -0.39 is 21.0 Å². The number of hydrogen-bond acceptors (Lipinski definition) is 4. The molecule has 112 valence electrons. The lowest BCUT2D eigenvalue weighted by atomic mass is 9.82. The van der Waals surface area contributed by atoms with E-state index in [0.717, 1.165) is 25.6 Å². The van der Waals surface area contributed by atoms with Crippen molar-refractivity contribution >= 4 is 15.9 Å². The lowest BCUT2D eigenvalue weighted by Gasteiger charge is -2.34. The first kappa shape index (κ1) is 16.4. The summed E-state index contributed by atoms with van der Waals surface area (Å²) in [7, 11) is -3.28. The zero-order valence-corrected chi connectivity index (χ0v) is 13.0. The molecule has 0 spiro atoms. The van der Waals surface area contributed by atoms with Gasteiger partial charge in [0.2, 0.25) is 15.9 Å². The quantitative estimate of drug-likeness (QED) is 0.656. The molecule has 1 fully saturated rings. The summed E-state index contributed by atoms with van der Waals surface area (Å²) in [6.07, 6.45) is 2.95. The number of rotatable bonds is 5. The predicted molar refractivity (Wildman–Crippen MR) is 75.3 cm³/mol. The summed E-state index contributed by atoms with van der Waals surface area (Å²) in [5.74, 6) is -0.0249. The Morgan fingerprint density at radius 2 is 2.05 bits per heavy atom. The zero-order valence-electron chi connectivity index (χ0n) is 12.2. The Morgan fingerprint density at radius 3 is 2.53 bits per heavy atom. The SMILES string of the molecule is CC(C)(CNC(=O)C1(C)CCCNC1)NS(C)(=O)=O. The number of nitrogens with one attached hydrogen (secondary N) is 3. The smallest absolute Gasteiger partial charge is 0.227 e. The monoisotopic (exact) mass is 291 g/mol. The van der Waals surface area contributed by atoms with E-state index in [9.17, 15) is 13.2 Å². The highest BCUT2D eigenvalue weighted by Gasteiger charge is 2.35. The zero-order chi connectivity index (χ0) is 14.7. The van der Waals surface area contributed by atoms with Gasteiger partial charge in [-0.25, -0.2) is 13.1 Å². The van der Waals surface area contributed by atoms with E-state index in [1.54, 1.807) is 13.8 Å². The van der Waals surface area contributed by atoms with Crippen LogP contribution in [-0.4, -0.2) is 45.8 Å². The van der Waals surface area contributed by atoms with Crippen LogP contribution < -0.4 is 15.4 Å². The van der Waals surface area contributed by atoms with Crippen molar-refractivity contribution in [2.45, 2.75) is 39.2 Å². The Balaban J connectivity index is 2.53. The van der Waals surface area contributed by atoms with Gasteiger partial charge in [-0.3, -0.25) is 4.79 Å². The van der Waals surface area contributed by atoms with Crippen molar-refractivity contribution in [3.8, 4) is 0 Å². The summed E-state index contributed by atoms with van der Waals surface area (Å²) in [6, 6.07) is 0. The Morgan fingerprint density at radius 1 is 1.42 bits per heavy atom. The van der Waals surface area contributed by atoms with Gasteiger partial charge >= 0.3 is 0 Å². The van der Waals surface area contributed by atoms with Crippen LogP contribution in [0.5, 0.6) is 0 Å². The molecule has 1 rings (SSSR count). The van der Waals surface area contributed by atoms with Gasteiger partial charge in [0.15, 0.2) is 0 Å². The van der Waals surface area contributed by atoms with Crippen LogP contribution in [0.25, 0.3) is 0 Å². The van der Waals surface area contributed by atoms with E-state index in [4.69, 9.17) is 0 Å². The number of carbonyl (C=O) groups is 1. The van der Waals surface area contributed by atoms with Crippen LogP contribution in [0.4, 0.5) is 0 Å². The van der Waals surface area contributed by atoms with Crippen molar-refractivity contribution in [2.75, 3.05) is 25.9 Å². The van der Waals surface area contributed by atoms with Crippen molar-refractivity contribution in [2.24, 2.45) is 5.41 Å². The van der Waals surface area contributed by atoms with Gasteiger partial charge in [0.1, 0.15) is 0 Å². The van der Waals surface area contributed by atoms with Gasteiger partial charge in [-0.1, -0.05) is 0 Å². The Hall–Kier alpha value is -0.660. The first-order chi connectivity index (χ1) is 8.54. The second-order valence-corrected chi connectivity index (χ2v) is 8.03. The molecule has 0 radical (unpaired) electrons. The fourth-order valence-corrected chi connectivity index (χ4v) is 3.38. The molecular formula is C12H25N3O3S. The average Bonchev–Trinajstić information content (AvgIpc) is 2.23. The highest BCUT2D eigenvalue weighted by Crippen LogP contribution is 2.25. The summed E-state index contributed by atoms with van der Waals surface area (Å²) in [6.45, 7) is 7.31. The van der Waals surface area contributed by atoms with Crippen LogP contribution in [0.15, 0.2) is 0 Å². The maximum Gasteiger partial charge on any atom is 0.227 e. The second-order valence-electron chi connectivity index (χ2n) is 6.28. The average molecular weight is 291 g/mol.